The molecule has 258 valence electrons. The molecule has 2 atom stereocenters. The summed E-state index contributed by atoms with van der Waals surface area (Å²) in [6.45, 7) is 5.58. The van der Waals surface area contributed by atoms with Crippen molar-refractivity contribution in [1.29, 1.82) is 0 Å². The van der Waals surface area contributed by atoms with Gasteiger partial charge < -0.3 is 43.6 Å². The minimum atomic E-state index is -5.26. The van der Waals surface area contributed by atoms with E-state index in [1.54, 1.807) is 16.0 Å². The minimum Gasteiger partial charge on any atom is -0.780 e. The Morgan fingerprint density at radius 3 is 2.45 bits per heavy atom. The van der Waals surface area contributed by atoms with Gasteiger partial charge in [0.1, 0.15) is 38.1 Å². The van der Waals surface area contributed by atoms with Crippen LogP contribution in [0.1, 0.15) is 16.7 Å². The molecule has 17 heteroatoms. The summed E-state index contributed by atoms with van der Waals surface area (Å²) >= 11 is 0. The van der Waals surface area contributed by atoms with Crippen LogP contribution >= 0.6 is 7.82 Å². The van der Waals surface area contributed by atoms with Crippen LogP contribution in [0.15, 0.2) is 85.5 Å². The molecule has 6 rings (SSSR count). The van der Waals surface area contributed by atoms with Crippen molar-refractivity contribution in [1.82, 2.24) is 25.1 Å². The molecule has 14 nitrogen and oxygen atoms in total. The Labute approximate surface area is 341 Å². The third kappa shape index (κ3) is 9.57. The first kappa shape index (κ1) is 40.9. The zero-order valence-electron chi connectivity index (χ0n) is 29.0. The molecule has 0 spiro atoms. The van der Waals surface area contributed by atoms with E-state index in [4.69, 9.17) is 4.74 Å². The van der Waals surface area contributed by atoms with Crippen LogP contribution in [0.4, 0.5) is 10.5 Å². The number of phosphoric acid groups is 1. The van der Waals surface area contributed by atoms with Crippen molar-refractivity contribution >= 4 is 31.4 Å². The Kier molecular flexibility index (Phi) is 14.2. The predicted octanol–water partition coefficient (Wildman–Crippen LogP) is -4.53. The van der Waals surface area contributed by atoms with E-state index in [0.717, 1.165) is 16.8 Å². The molecule has 3 aliphatic heterocycles. The van der Waals surface area contributed by atoms with E-state index in [9.17, 15) is 28.7 Å². The van der Waals surface area contributed by atoms with Gasteiger partial charge in [-0.15, -0.1) is 6.58 Å². The molecular weight excluding hydrogens is 697 g/mol. The Hall–Kier alpha value is -2.88. The maximum Gasteiger partial charge on any atom is 1.00 e. The number of hydrazine groups is 1. The van der Waals surface area contributed by atoms with Gasteiger partial charge in [-0.1, -0.05) is 60.7 Å². The molecule has 0 unspecified atom stereocenters. The zero-order valence-corrected chi connectivity index (χ0v) is 33.9. The van der Waals surface area contributed by atoms with Crippen LogP contribution < -0.4 is 88.4 Å². The number of hydrogen-bond donors (Lipinski definition) is 1. The first-order valence-corrected chi connectivity index (χ1v) is 17.3. The van der Waals surface area contributed by atoms with Gasteiger partial charge in [0.05, 0.1) is 25.3 Å². The third-order valence-corrected chi connectivity index (χ3v) is 9.18. The fourth-order valence-electron chi connectivity index (χ4n) is 6.59. The van der Waals surface area contributed by atoms with E-state index in [2.05, 4.69) is 21.3 Å². The number of fused-ring (bicyclic) bond motifs is 2. The average Bonchev–Trinajstić information content (AvgIpc) is 3.06. The number of carbonyl (C=O) groups excluding carboxylic acids is 3. The number of anilines is 1. The summed E-state index contributed by atoms with van der Waals surface area (Å²) in [6, 6.07) is 19.4. The van der Waals surface area contributed by atoms with Crippen molar-refractivity contribution in [2.24, 2.45) is 0 Å². The summed E-state index contributed by atoms with van der Waals surface area (Å²) < 4.78 is 21.5. The van der Waals surface area contributed by atoms with Crippen molar-refractivity contribution in [2.75, 3.05) is 44.7 Å². The fourth-order valence-corrected chi connectivity index (χ4v) is 6.97. The van der Waals surface area contributed by atoms with Crippen molar-refractivity contribution in [3.05, 3.63) is 102 Å². The Balaban J connectivity index is 0.00000292. The number of phosphoric ester groups is 1. The number of amides is 4. The largest absolute Gasteiger partial charge is 1.00 e. The molecule has 0 aromatic heterocycles. The smallest absolute Gasteiger partial charge is 0.780 e. The van der Waals surface area contributed by atoms with Crippen molar-refractivity contribution in [3.8, 4) is 11.5 Å². The molecular formula is C34H37N6Na2O8P. The summed E-state index contributed by atoms with van der Waals surface area (Å²) in [5.41, 5.74) is 3.21. The van der Waals surface area contributed by atoms with E-state index in [0.29, 0.717) is 24.5 Å². The molecule has 2 saturated heterocycles. The number of ether oxygens (including phenoxy) is 1. The van der Waals surface area contributed by atoms with Crippen LogP contribution in [0.5, 0.6) is 11.5 Å². The molecule has 0 saturated carbocycles. The molecule has 3 aliphatic rings. The SMILES string of the molecule is C=CCN1CC(=O)N2[C@@H](Cc3ccc(OP(=O)([O-])[O-])cc3)C(=O)N(Cc3cccc4c3N(C)CCO4)C[C@@H]2N1C(=O)NCc1ccccc1.[Na+].[Na+]. The Morgan fingerprint density at radius 1 is 1.04 bits per heavy atom. The van der Waals surface area contributed by atoms with Crippen LogP contribution in [0, 0.1) is 0 Å². The van der Waals surface area contributed by atoms with Gasteiger partial charge in [0.2, 0.25) is 11.8 Å². The van der Waals surface area contributed by atoms with E-state index in [1.165, 1.54) is 34.2 Å². The summed E-state index contributed by atoms with van der Waals surface area (Å²) in [5.74, 6) is -0.0981. The molecule has 3 aromatic carbocycles. The number of piperazine rings is 1. The molecule has 1 N–H and O–H groups in total. The topological polar surface area (TPSA) is 161 Å². The number of urea groups is 1. The van der Waals surface area contributed by atoms with E-state index < -0.39 is 26.1 Å². The second-order valence-electron chi connectivity index (χ2n) is 12.1. The van der Waals surface area contributed by atoms with Crippen LogP contribution in [0.2, 0.25) is 0 Å². The summed E-state index contributed by atoms with van der Waals surface area (Å²) in [7, 11) is -3.30. The van der Waals surface area contributed by atoms with Crippen molar-refractivity contribution < 1.29 is 97.1 Å². The van der Waals surface area contributed by atoms with Gasteiger partial charge in [0.15, 0.2) is 0 Å². The second-order valence-corrected chi connectivity index (χ2v) is 13.1. The van der Waals surface area contributed by atoms with Crippen LogP contribution in [0.25, 0.3) is 0 Å². The normalized spacial score (nSPS) is 18.8. The van der Waals surface area contributed by atoms with Gasteiger partial charge in [-0.25, -0.2) is 14.8 Å². The fraction of sp³-hybridized carbons (Fsp3) is 0.324. The van der Waals surface area contributed by atoms with E-state index in [-0.39, 0.29) is 116 Å². The van der Waals surface area contributed by atoms with Crippen molar-refractivity contribution in [2.45, 2.75) is 31.7 Å². The van der Waals surface area contributed by atoms with E-state index in [1.807, 2.05) is 55.6 Å². The number of para-hydroxylation sites is 1. The van der Waals surface area contributed by atoms with Gasteiger partial charge in [-0.2, -0.15) is 0 Å². The second kappa shape index (κ2) is 17.8. The molecule has 0 bridgehead atoms. The average molecular weight is 735 g/mol. The van der Waals surface area contributed by atoms with Crippen LogP contribution in [-0.4, -0.2) is 89.7 Å². The standard InChI is InChI=1S/C34H39N6O8P.2Na/c1-3-16-38-23-31(41)39-28(19-24-12-14-27(15-13-24)48-49(44,45)46)33(42)37(21-26-10-7-11-29-32(26)36(2)17-18-47-29)22-30(39)40(38)34(43)35-20-25-8-5-4-6-9-25;;/h3-15,28,30H,1,16-23H2,2H3,(H,35,43)(H2,44,45,46);;/q;2*+1/p-2/t28-,30-;;/m0../s1. The number of rotatable bonds is 10. The number of benzene rings is 3. The predicted molar refractivity (Wildman–Crippen MR) is 176 cm³/mol. The molecule has 2 fully saturated rings. The number of nitrogens with zero attached hydrogens (tertiary/aromatic N) is 5. The molecule has 0 aliphatic carbocycles. The third-order valence-electron chi connectivity index (χ3n) is 8.74. The maximum atomic E-state index is 14.4. The van der Waals surface area contributed by atoms with Gasteiger partial charge in [0.25, 0.3) is 0 Å². The summed E-state index contributed by atoms with van der Waals surface area (Å²) in [5, 5.41) is 6.11. The van der Waals surface area contributed by atoms with E-state index >= 15 is 0 Å². The summed E-state index contributed by atoms with van der Waals surface area (Å²) in [4.78, 5) is 69.8. The number of likely N-dealkylation sites (N-methyl/N-ethyl adjacent to an activating group) is 1. The molecule has 0 radical (unpaired) electrons. The number of hydrogen-bond acceptors (Lipinski definition) is 10. The Morgan fingerprint density at radius 2 is 1.76 bits per heavy atom. The van der Waals surface area contributed by atoms with Gasteiger partial charge >= 0.3 is 65.1 Å². The molecule has 4 amide bonds. The van der Waals surface area contributed by atoms with Gasteiger partial charge in [0, 0.05) is 33.1 Å². The zero-order chi connectivity index (χ0) is 34.7. The van der Waals surface area contributed by atoms with Gasteiger partial charge in [-0.05, 0) is 34.9 Å². The van der Waals surface area contributed by atoms with Gasteiger partial charge in [-0.3, -0.25) is 9.59 Å². The minimum absolute atomic E-state index is 0. The van der Waals surface area contributed by atoms with Crippen LogP contribution in [0.3, 0.4) is 0 Å². The quantitative estimate of drug-likeness (QED) is 0.122. The summed E-state index contributed by atoms with van der Waals surface area (Å²) in [6.07, 6.45) is 0.811. The maximum absolute atomic E-state index is 14.4. The molecule has 51 heavy (non-hydrogen) atoms. The first-order chi connectivity index (χ1) is 23.5. The Bertz CT molecular complexity index is 1770. The number of nitrogens with one attached hydrogen (secondary N) is 1. The molecule has 3 aromatic rings. The number of carbonyl (C=O) groups is 3. The first-order valence-electron chi connectivity index (χ1n) is 15.9. The van der Waals surface area contributed by atoms with Crippen molar-refractivity contribution in [3.63, 3.8) is 0 Å². The van der Waals surface area contributed by atoms with Crippen LogP contribution in [-0.2, 0) is 33.7 Å². The molecule has 3 heterocycles. The monoisotopic (exact) mass is 734 g/mol.